The fourth-order valence-electron chi connectivity index (χ4n) is 2.59. The van der Waals surface area contributed by atoms with E-state index in [9.17, 15) is 4.79 Å². The largest absolute Gasteiger partial charge is 0.494 e. The quantitative estimate of drug-likeness (QED) is 0.603. The van der Waals surface area contributed by atoms with Gasteiger partial charge in [-0.05, 0) is 68.8 Å². The van der Waals surface area contributed by atoms with Crippen LogP contribution >= 0.6 is 11.6 Å². The molecular formula is C21H21ClN4O2. The monoisotopic (exact) mass is 396 g/mol. The maximum atomic E-state index is 12.6. The molecule has 0 spiro atoms. The summed E-state index contributed by atoms with van der Waals surface area (Å²) in [5, 5.41) is 6.57. The molecule has 0 bridgehead atoms. The Labute approximate surface area is 168 Å². The van der Waals surface area contributed by atoms with Gasteiger partial charge in [-0.1, -0.05) is 17.7 Å². The molecule has 3 rings (SSSR count). The summed E-state index contributed by atoms with van der Waals surface area (Å²) in [6.45, 7) is 6.27. The van der Waals surface area contributed by atoms with Crippen molar-refractivity contribution in [3.05, 3.63) is 70.5 Å². The Bertz CT molecular complexity index is 990. The van der Waals surface area contributed by atoms with E-state index < -0.39 is 0 Å². The van der Waals surface area contributed by atoms with Crippen molar-refractivity contribution >= 4 is 34.8 Å². The Hall–Kier alpha value is -3.12. The lowest BCUT2D eigenvalue weighted by atomic mass is 10.2. The minimum absolute atomic E-state index is 0.267. The number of aryl methyl sites for hydroxylation is 2. The van der Waals surface area contributed by atoms with Crippen molar-refractivity contribution in [2.45, 2.75) is 20.8 Å². The van der Waals surface area contributed by atoms with Crippen LogP contribution in [0.5, 0.6) is 5.75 Å². The first-order chi connectivity index (χ1) is 13.4. The van der Waals surface area contributed by atoms with Crippen molar-refractivity contribution in [2.75, 3.05) is 17.2 Å². The number of anilines is 3. The minimum atomic E-state index is -0.319. The van der Waals surface area contributed by atoms with Gasteiger partial charge in [-0.3, -0.25) is 4.79 Å². The highest BCUT2D eigenvalue weighted by molar-refractivity contribution is 6.30. The van der Waals surface area contributed by atoms with E-state index in [0.29, 0.717) is 29.0 Å². The normalized spacial score (nSPS) is 10.4. The van der Waals surface area contributed by atoms with Crippen molar-refractivity contribution in [1.29, 1.82) is 0 Å². The van der Waals surface area contributed by atoms with E-state index in [1.165, 1.54) is 0 Å². The van der Waals surface area contributed by atoms with Crippen molar-refractivity contribution in [3.8, 4) is 5.75 Å². The van der Waals surface area contributed by atoms with Gasteiger partial charge in [0.2, 0.25) is 5.95 Å². The summed E-state index contributed by atoms with van der Waals surface area (Å²) in [7, 11) is 0. The predicted octanol–water partition coefficient (Wildman–Crippen LogP) is 5.14. The molecule has 0 aliphatic rings. The second kappa shape index (κ2) is 8.71. The first-order valence-corrected chi connectivity index (χ1v) is 9.25. The SMILES string of the molecule is CCOc1ccc(NC(=O)c2cc(C)nc(Nc3cc(Cl)ccc3C)n2)cc1. The summed E-state index contributed by atoms with van der Waals surface area (Å²) in [6.07, 6.45) is 0. The van der Waals surface area contributed by atoms with Gasteiger partial charge in [-0.25, -0.2) is 9.97 Å². The van der Waals surface area contributed by atoms with Gasteiger partial charge in [0.05, 0.1) is 6.61 Å². The van der Waals surface area contributed by atoms with Crippen LogP contribution in [0.2, 0.25) is 5.02 Å². The molecular weight excluding hydrogens is 376 g/mol. The van der Waals surface area contributed by atoms with Crippen LogP contribution in [0, 0.1) is 13.8 Å². The molecule has 2 aromatic carbocycles. The summed E-state index contributed by atoms with van der Waals surface area (Å²) in [5.74, 6) is 0.768. The lowest BCUT2D eigenvalue weighted by Crippen LogP contribution is -2.15. The molecule has 28 heavy (non-hydrogen) atoms. The average molecular weight is 397 g/mol. The highest BCUT2D eigenvalue weighted by Gasteiger charge is 2.12. The Kier molecular flexibility index (Phi) is 6.11. The molecule has 1 amide bonds. The van der Waals surface area contributed by atoms with Crippen molar-refractivity contribution < 1.29 is 9.53 Å². The number of aromatic nitrogens is 2. The van der Waals surface area contributed by atoms with E-state index in [-0.39, 0.29) is 11.6 Å². The van der Waals surface area contributed by atoms with Gasteiger partial charge in [0, 0.05) is 22.1 Å². The van der Waals surface area contributed by atoms with Gasteiger partial charge in [-0.15, -0.1) is 0 Å². The molecule has 0 saturated carbocycles. The van der Waals surface area contributed by atoms with Crippen molar-refractivity contribution in [2.24, 2.45) is 0 Å². The number of nitrogens with one attached hydrogen (secondary N) is 2. The molecule has 0 saturated heterocycles. The fourth-order valence-corrected chi connectivity index (χ4v) is 2.76. The summed E-state index contributed by atoms with van der Waals surface area (Å²) in [4.78, 5) is 21.3. The number of hydrogen-bond donors (Lipinski definition) is 2. The second-order valence-electron chi connectivity index (χ2n) is 6.21. The van der Waals surface area contributed by atoms with Crippen LogP contribution < -0.4 is 15.4 Å². The molecule has 0 radical (unpaired) electrons. The number of amides is 1. The van der Waals surface area contributed by atoms with E-state index in [1.807, 2.05) is 32.9 Å². The lowest BCUT2D eigenvalue weighted by molar-refractivity contribution is 0.102. The van der Waals surface area contributed by atoms with E-state index in [0.717, 1.165) is 17.0 Å². The second-order valence-corrected chi connectivity index (χ2v) is 6.65. The highest BCUT2D eigenvalue weighted by atomic mass is 35.5. The van der Waals surface area contributed by atoms with Gasteiger partial charge in [0.1, 0.15) is 11.4 Å². The Morgan fingerprint density at radius 1 is 1.07 bits per heavy atom. The zero-order chi connectivity index (χ0) is 20.1. The molecule has 3 aromatic rings. The van der Waals surface area contributed by atoms with E-state index in [2.05, 4.69) is 20.6 Å². The maximum Gasteiger partial charge on any atom is 0.274 e. The van der Waals surface area contributed by atoms with Crippen LogP contribution in [0.15, 0.2) is 48.5 Å². The van der Waals surface area contributed by atoms with E-state index in [1.54, 1.807) is 36.4 Å². The summed E-state index contributed by atoms with van der Waals surface area (Å²) in [5.41, 5.74) is 3.38. The number of hydrogen-bond acceptors (Lipinski definition) is 5. The third-order valence-electron chi connectivity index (χ3n) is 3.96. The minimum Gasteiger partial charge on any atom is -0.494 e. The number of rotatable bonds is 6. The third-order valence-corrected chi connectivity index (χ3v) is 4.19. The van der Waals surface area contributed by atoms with Gasteiger partial charge >= 0.3 is 0 Å². The van der Waals surface area contributed by atoms with E-state index >= 15 is 0 Å². The van der Waals surface area contributed by atoms with Gasteiger partial charge in [0.25, 0.3) is 5.91 Å². The highest BCUT2D eigenvalue weighted by Crippen LogP contribution is 2.23. The molecule has 144 valence electrons. The maximum absolute atomic E-state index is 12.6. The number of carbonyl (C=O) groups is 1. The van der Waals surface area contributed by atoms with Crippen LogP contribution in [0.1, 0.15) is 28.7 Å². The molecule has 0 aliphatic carbocycles. The predicted molar refractivity (Wildman–Crippen MR) is 112 cm³/mol. The van der Waals surface area contributed by atoms with Crippen LogP contribution in [0.4, 0.5) is 17.3 Å². The molecule has 0 fully saturated rings. The van der Waals surface area contributed by atoms with Crippen LogP contribution in [0.25, 0.3) is 0 Å². The topological polar surface area (TPSA) is 76.1 Å². The summed E-state index contributed by atoms with van der Waals surface area (Å²) in [6, 6.07) is 14.3. The first-order valence-electron chi connectivity index (χ1n) is 8.87. The molecule has 7 heteroatoms. The molecule has 0 aliphatic heterocycles. The number of ether oxygens (including phenoxy) is 1. The number of carbonyl (C=O) groups excluding carboxylic acids is 1. The number of benzene rings is 2. The average Bonchev–Trinajstić information content (AvgIpc) is 2.66. The number of nitrogens with zero attached hydrogens (tertiary/aromatic N) is 2. The Balaban J connectivity index is 1.78. The van der Waals surface area contributed by atoms with Crippen molar-refractivity contribution in [3.63, 3.8) is 0 Å². The molecule has 2 N–H and O–H groups in total. The Morgan fingerprint density at radius 2 is 1.82 bits per heavy atom. The molecule has 1 aromatic heterocycles. The zero-order valence-corrected chi connectivity index (χ0v) is 16.7. The van der Waals surface area contributed by atoms with Crippen molar-refractivity contribution in [1.82, 2.24) is 9.97 Å². The standard InChI is InChI=1S/C21H21ClN4O2/c1-4-28-17-9-7-16(8-10-17)24-20(27)19-11-14(3)23-21(26-19)25-18-12-15(22)6-5-13(18)2/h5-12H,4H2,1-3H3,(H,24,27)(H,23,25,26). The third kappa shape index (κ3) is 4.98. The molecule has 1 heterocycles. The fraction of sp³-hybridized carbons (Fsp3) is 0.190. The first kappa shape index (κ1) is 19.6. The lowest BCUT2D eigenvalue weighted by Gasteiger charge is -2.11. The van der Waals surface area contributed by atoms with E-state index in [4.69, 9.17) is 16.3 Å². The summed E-state index contributed by atoms with van der Waals surface area (Å²) >= 11 is 6.06. The summed E-state index contributed by atoms with van der Waals surface area (Å²) < 4.78 is 5.41. The van der Waals surface area contributed by atoms with Crippen LogP contribution in [-0.2, 0) is 0 Å². The van der Waals surface area contributed by atoms with Gasteiger partial charge in [-0.2, -0.15) is 0 Å². The smallest absolute Gasteiger partial charge is 0.274 e. The Morgan fingerprint density at radius 3 is 2.54 bits per heavy atom. The van der Waals surface area contributed by atoms with Gasteiger partial charge in [0.15, 0.2) is 0 Å². The van der Waals surface area contributed by atoms with Gasteiger partial charge < -0.3 is 15.4 Å². The molecule has 0 atom stereocenters. The number of halogens is 1. The zero-order valence-electron chi connectivity index (χ0n) is 15.9. The molecule has 6 nitrogen and oxygen atoms in total. The molecule has 0 unspecified atom stereocenters. The van der Waals surface area contributed by atoms with Crippen LogP contribution in [-0.4, -0.2) is 22.5 Å². The van der Waals surface area contributed by atoms with Crippen LogP contribution in [0.3, 0.4) is 0 Å².